The molecule has 0 atom stereocenters. The zero-order valence-corrected chi connectivity index (χ0v) is 17.4. The summed E-state index contributed by atoms with van der Waals surface area (Å²) in [6.45, 7) is 3.59. The van der Waals surface area contributed by atoms with Gasteiger partial charge in [-0.1, -0.05) is 58.9 Å². The Morgan fingerprint density at radius 2 is 1.50 bits per heavy atom. The molecule has 0 bridgehead atoms. The van der Waals surface area contributed by atoms with Crippen LogP contribution in [0.1, 0.15) is 16.8 Å². The first-order chi connectivity index (χ1) is 14.0. The average Bonchev–Trinajstić information content (AvgIpc) is 3.06. The van der Waals surface area contributed by atoms with Gasteiger partial charge in [0.05, 0.1) is 4.90 Å². The highest BCUT2D eigenvalue weighted by molar-refractivity contribution is 7.90. The third kappa shape index (κ3) is 4.97. The van der Waals surface area contributed by atoms with Gasteiger partial charge >= 0.3 is 12.2 Å². The molecule has 2 amide bonds. The molecule has 0 aliphatic rings. The highest BCUT2D eigenvalue weighted by Gasteiger charge is 2.38. The largest absolute Gasteiger partial charge is 0.436 e. The molecule has 1 heterocycles. The number of amides is 2. The fourth-order valence-corrected chi connectivity index (χ4v) is 4.34. The van der Waals surface area contributed by atoms with Crippen molar-refractivity contribution >= 4 is 32.4 Å². The number of hydrogen-bond donors (Lipinski definition) is 2. The highest BCUT2D eigenvalue weighted by Crippen LogP contribution is 2.41. The van der Waals surface area contributed by atoms with Crippen LogP contribution in [0.5, 0.6) is 0 Å². The number of aromatic nitrogens is 1. The highest BCUT2D eigenvalue weighted by atomic mass is 32.2. The first kappa shape index (κ1) is 21.8. The topological polar surface area (TPSA) is 88.2 Å². The fourth-order valence-electron chi connectivity index (χ4n) is 2.44. The smallest absolute Gasteiger partial charge is 0.297 e. The molecular formula is C19H16F3N3O3S2. The molecule has 2 aromatic carbocycles. The first-order valence-corrected chi connectivity index (χ1v) is 10.8. The van der Waals surface area contributed by atoms with Crippen molar-refractivity contribution in [2.24, 2.45) is 0 Å². The maximum absolute atomic E-state index is 13.4. The first-order valence-electron chi connectivity index (χ1n) is 8.51. The van der Waals surface area contributed by atoms with Gasteiger partial charge in [0.2, 0.25) is 0 Å². The number of hydrogen-bond acceptors (Lipinski definition) is 5. The molecule has 0 unspecified atom stereocenters. The van der Waals surface area contributed by atoms with E-state index in [-0.39, 0.29) is 9.90 Å². The van der Waals surface area contributed by atoms with Crippen LogP contribution in [0, 0.1) is 13.8 Å². The maximum Gasteiger partial charge on any atom is 0.436 e. The van der Waals surface area contributed by atoms with Crippen molar-refractivity contribution in [2.75, 3.05) is 5.32 Å². The van der Waals surface area contributed by atoms with Gasteiger partial charge in [0.15, 0.2) is 5.69 Å². The Balaban J connectivity index is 1.86. The summed E-state index contributed by atoms with van der Waals surface area (Å²) in [5, 5.41) is 1.40. The minimum Gasteiger partial charge on any atom is -0.297 e. The van der Waals surface area contributed by atoms with Gasteiger partial charge in [-0.2, -0.15) is 13.2 Å². The lowest BCUT2D eigenvalue weighted by Gasteiger charge is -2.09. The number of halogens is 3. The van der Waals surface area contributed by atoms with Crippen molar-refractivity contribution < 1.29 is 26.4 Å². The normalized spacial score (nSPS) is 11.9. The van der Waals surface area contributed by atoms with Crippen molar-refractivity contribution in [1.29, 1.82) is 0 Å². The van der Waals surface area contributed by atoms with Gasteiger partial charge in [-0.15, -0.1) is 0 Å². The second kappa shape index (κ2) is 8.07. The number of nitrogens with zero attached hydrogens (tertiary/aromatic N) is 1. The number of anilines is 1. The molecule has 3 aromatic rings. The van der Waals surface area contributed by atoms with E-state index in [0.717, 1.165) is 11.1 Å². The molecule has 30 heavy (non-hydrogen) atoms. The van der Waals surface area contributed by atoms with Crippen LogP contribution in [-0.4, -0.2) is 19.4 Å². The van der Waals surface area contributed by atoms with Gasteiger partial charge in [-0.25, -0.2) is 22.9 Å². The van der Waals surface area contributed by atoms with Crippen molar-refractivity contribution in [3.63, 3.8) is 0 Å². The summed E-state index contributed by atoms with van der Waals surface area (Å²) < 4.78 is 66.4. The van der Waals surface area contributed by atoms with Crippen molar-refractivity contribution in [2.45, 2.75) is 24.9 Å². The van der Waals surface area contributed by atoms with E-state index in [0.29, 0.717) is 16.9 Å². The molecule has 0 saturated carbocycles. The predicted octanol–water partition coefficient (Wildman–Crippen LogP) is 4.96. The Kier molecular flexibility index (Phi) is 5.86. The Morgan fingerprint density at radius 1 is 0.967 bits per heavy atom. The molecule has 158 valence electrons. The van der Waals surface area contributed by atoms with Gasteiger partial charge in [0.25, 0.3) is 10.0 Å². The minimum absolute atomic E-state index is 0.0408. The summed E-state index contributed by atoms with van der Waals surface area (Å²) in [6.07, 6.45) is -4.84. The van der Waals surface area contributed by atoms with Crippen molar-refractivity contribution in [1.82, 2.24) is 9.71 Å². The van der Waals surface area contributed by atoms with Gasteiger partial charge in [-0.05, 0) is 26.0 Å². The second-order valence-electron chi connectivity index (χ2n) is 6.43. The molecule has 0 aliphatic heterocycles. The van der Waals surface area contributed by atoms with Crippen LogP contribution in [0.3, 0.4) is 0 Å². The van der Waals surface area contributed by atoms with Crippen molar-refractivity contribution in [3.05, 3.63) is 65.4 Å². The molecule has 0 spiro atoms. The van der Waals surface area contributed by atoms with E-state index in [1.165, 1.54) is 24.3 Å². The van der Waals surface area contributed by atoms with Crippen LogP contribution >= 0.6 is 11.3 Å². The lowest BCUT2D eigenvalue weighted by Crippen LogP contribution is -2.34. The average molecular weight is 455 g/mol. The van der Waals surface area contributed by atoms with Crippen LogP contribution in [-0.2, 0) is 16.2 Å². The van der Waals surface area contributed by atoms with Crippen LogP contribution in [0.2, 0.25) is 0 Å². The number of carbonyl (C=O) groups is 1. The molecule has 0 fully saturated rings. The van der Waals surface area contributed by atoms with E-state index < -0.39 is 32.9 Å². The van der Waals surface area contributed by atoms with Crippen LogP contribution < -0.4 is 10.0 Å². The van der Waals surface area contributed by atoms with Crippen molar-refractivity contribution in [3.8, 4) is 10.6 Å². The number of rotatable bonds is 4. The quantitative estimate of drug-likeness (QED) is 0.582. The standard InChI is InChI=1S/C19H16F3N3O3S2/c1-11-3-7-13(8-4-11)16-23-15(19(20,21)22)17(29-16)24-18(26)25-30(27,28)14-9-5-12(2)6-10-14/h3-10H,1-2H3,(H2,24,25,26). The summed E-state index contributed by atoms with van der Waals surface area (Å²) in [4.78, 5) is 15.6. The molecule has 1 aromatic heterocycles. The molecule has 2 N–H and O–H groups in total. The Labute approximate surface area is 174 Å². The zero-order chi connectivity index (χ0) is 22.1. The Hall–Kier alpha value is -2.92. The van der Waals surface area contributed by atoms with E-state index in [9.17, 15) is 26.4 Å². The van der Waals surface area contributed by atoms with Gasteiger partial charge in [0.1, 0.15) is 10.0 Å². The minimum atomic E-state index is -4.84. The SMILES string of the molecule is Cc1ccc(-c2nc(C(F)(F)F)c(NC(=O)NS(=O)(=O)c3ccc(C)cc3)s2)cc1. The molecular weight excluding hydrogens is 439 g/mol. The summed E-state index contributed by atoms with van der Waals surface area (Å²) in [5.41, 5.74) is 0.870. The van der Waals surface area contributed by atoms with E-state index in [2.05, 4.69) is 4.98 Å². The summed E-state index contributed by atoms with van der Waals surface area (Å²) in [5.74, 6) is 0. The predicted molar refractivity (Wildman–Crippen MR) is 108 cm³/mol. The number of thiazole rings is 1. The number of urea groups is 1. The summed E-state index contributed by atoms with van der Waals surface area (Å²) in [6, 6.07) is 11.0. The lowest BCUT2D eigenvalue weighted by molar-refractivity contribution is -0.140. The van der Waals surface area contributed by atoms with Gasteiger partial charge < -0.3 is 0 Å². The Morgan fingerprint density at radius 3 is 2.03 bits per heavy atom. The molecule has 0 radical (unpaired) electrons. The number of nitrogens with one attached hydrogen (secondary N) is 2. The van der Waals surface area contributed by atoms with Crippen LogP contribution in [0.15, 0.2) is 53.4 Å². The Bertz CT molecular complexity index is 1170. The van der Waals surface area contributed by atoms with E-state index in [1.807, 2.05) is 12.2 Å². The second-order valence-corrected chi connectivity index (χ2v) is 9.11. The number of benzene rings is 2. The summed E-state index contributed by atoms with van der Waals surface area (Å²) in [7, 11) is -4.25. The fraction of sp³-hybridized carbons (Fsp3) is 0.158. The van der Waals surface area contributed by atoms with E-state index in [4.69, 9.17) is 0 Å². The summed E-state index contributed by atoms with van der Waals surface area (Å²) >= 11 is 0.600. The third-order valence-corrected chi connectivity index (χ3v) is 6.35. The van der Waals surface area contributed by atoms with E-state index >= 15 is 0 Å². The molecule has 3 rings (SSSR count). The number of carbonyl (C=O) groups excluding carboxylic acids is 1. The number of aryl methyl sites for hydroxylation is 2. The maximum atomic E-state index is 13.4. The lowest BCUT2D eigenvalue weighted by atomic mass is 10.2. The van der Waals surface area contributed by atoms with Crippen LogP contribution in [0.4, 0.5) is 23.0 Å². The number of sulfonamides is 1. The van der Waals surface area contributed by atoms with Gasteiger partial charge in [0, 0.05) is 5.56 Å². The molecule has 0 aliphatic carbocycles. The number of alkyl halides is 3. The molecule has 0 saturated heterocycles. The molecule has 11 heteroatoms. The molecule has 6 nitrogen and oxygen atoms in total. The van der Waals surface area contributed by atoms with Gasteiger partial charge in [-0.3, -0.25) is 5.32 Å². The monoisotopic (exact) mass is 455 g/mol. The third-order valence-electron chi connectivity index (χ3n) is 3.98. The van der Waals surface area contributed by atoms with Crippen LogP contribution in [0.25, 0.3) is 10.6 Å². The zero-order valence-electron chi connectivity index (χ0n) is 15.7. The van der Waals surface area contributed by atoms with E-state index in [1.54, 1.807) is 35.9 Å².